The van der Waals surface area contributed by atoms with Gasteiger partial charge in [0.05, 0.1) is 11.1 Å². The zero-order chi connectivity index (χ0) is 22.4. The van der Waals surface area contributed by atoms with Crippen LogP contribution in [0.1, 0.15) is 20.7 Å². The SMILES string of the molecule is O=C(OC1C2C=CC(O2)C1OC(=O)c1cccc2ccccc12)c1cccc2ccccc12. The largest absolute Gasteiger partial charge is 0.452 e. The summed E-state index contributed by atoms with van der Waals surface area (Å²) in [5.74, 6) is -0.930. The molecule has 2 heterocycles. The van der Waals surface area contributed by atoms with Crippen LogP contribution in [0.25, 0.3) is 21.5 Å². The molecule has 0 spiro atoms. The molecule has 2 aliphatic rings. The maximum Gasteiger partial charge on any atom is 0.339 e. The molecular formula is C28H20O5. The average molecular weight is 436 g/mol. The van der Waals surface area contributed by atoms with E-state index in [9.17, 15) is 9.59 Å². The fraction of sp³-hybridized carbons (Fsp3) is 0.143. The van der Waals surface area contributed by atoms with Crippen molar-refractivity contribution in [1.29, 1.82) is 0 Å². The quantitative estimate of drug-likeness (QED) is 0.330. The van der Waals surface area contributed by atoms with E-state index in [0.717, 1.165) is 21.5 Å². The fourth-order valence-corrected chi connectivity index (χ4v) is 4.69. The molecular weight excluding hydrogens is 416 g/mol. The molecule has 6 rings (SSSR count). The molecule has 4 atom stereocenters. The van der Waals surface area contributed by atoms with Crippen molar-refractivity contribution in [2.45, 2.75) is 24.4 Å². The van der Waals surface area contributed by atoms with E-state index in [1.165, 1.54) is 0 Å². The fourth-order valence-electron chi connectivity index (χ4n) is 4.69. The zero-order valence-electron chi connectivity index (χ0n) is 17.6. The van der Waals surface area contributed by atoms with E-state index in [-0.39, 0.29) is 0 Å². The van der Waals surface area contributed by atoms with Crippen LogP contribution in [0, 0.1) is 0 Å². The van der Waals surface area contributed by atoms with Crippen LogP contribution in [0.3, 0.4) is 0 Å². The molecule has 2 bridgehead atoms. The Bertz CT molecular complexity index is 1300. The average Bonchev–Trinajstić information content (AvgIpc) is 3.46. The van der Waals surface area contributed by atoms with Gasteiger partial charge in [-0.25, -0.2) is 9.59 Å². The van der Waals surface area contributed by atoms with Gasteiger partial charge in [-0.15, -0.1) is 0 Å². The number of rotatable bonds is 4. The lowest BCUT2D eigenvalue weighted by molar-refractivity contribution is -0.0275. The molecule has 33 heavy (non-hydrogen) atoms. The molecule has 1 saturated heterocycles. The summed E-state index contributed by atoms with van der Waals surface area (Å²) >= 11 is 0. The maximum absolute atomic E-state index is 13.1. The molecule has 5 heteroatoms. The van der Waals surface area contributed by atoms with Crippen molar-refractivity contribution in [3.8, 4) is 0 Å². The molecule has 1 fully saturated rings. The van der Waals surface area contributed by atoms with E-state index in [2.05, 4.69) is 0 Å². The van der Waals surface area contributed by atoms with E-state index in [1.807, 2.05) is 84.9 Å². The zero-order valence-corrected chi connectivity index (χ0v) is 17.6. The summed E-state index contributed by atoms with van der Waals surface area (Å²) in [7, 11) is 0. The number of fused-ring (bicyclic) bond motifs is 4. The van der Waals surface area contributed by atoms with Gasteiger partial charge >= 0.3 is 11.9 Å². The van der Waals surface area contributed by atoms with Gasteiger partial charge in [0, 0.05) is 0 Å². The summed E-state index contributed by atoms with van der Waals surface area (Å²) in [6, 6.07) is 26.3. The van der Waals surface area contributed by atoms with E-state index in [4.69, 9.17) is 14.2 Å². The van der Waals surface area contributed by atoms with Crippen molar-refractivity contribution in [2.75, 3.05) is 0 Å². The minimum absolute atomic E-state index is 0.445. The van der Waals surface area contributed by atoms with Crippen molar-refractivity contribution in [3.63, 3.8) is 0 Å². The lowest BCUT2D eigenvalue weighted by Crippen LogP contribution is -2.41. The number of benzene rings is 4. The van der Waals surface area contributed by atoms with Crippen molar-refractivity contribution in [3.05, 3.63) is 108 Å². The minimum atomic E-state index is -0.717. The summed E-state index contributed by atoms with van der Waals surface area (Å²) in [6.07, 6.45) is 1.39. The molecule has 4 aromatic carbocycles. The van der Waals surface area contributed by atoms with E-state index < -0.39 is 36.4 Å². The Morgan fingerprint density at radius 1 is 0.576 bits per heavy atom. The number of carbonyl (C=O) groups excluding carboxylic acids is 2. The summed E-state index contributed by atoms with van der Waals surface area (Å²) in [5, 5.41) is 3.53. The molecule has 2 aliphatic heterocycles. The minimum Gasteiger partial charge on any atom is -0.452 e. The standard InChI is InChI=1S/C28H20O5/c29-27(21-13-5-9-17-7-1-3-11-19(17)21)32-25-23-15-16-24(31-23)26(25)33-28(30)22-14-6-10-18-8-2-4-12-20(18)22/h1-16,23-26H. The predicted molar refractivity (Wildman–Crippen MR) is 124 cm³/mol. The third-order valence-corrected chi connectivity index (χ3v) is 6.28. The second kappa shape index (κ2) is 7.87. The van der Waals surface area contributed by atoms with Crippen LogP contribution in [0.15, 0.2) is 97.1 Å². The summed E-state index contributed by atoms with van der Waals surface area (Å²) in [6.45, 7) is 0. The molecule has 0 aliphatic carbocycles. The number of esters is 2. The molecule has 0 aromatic heterocycles. The van der Waals surface area contributed by atoms with Crippen LogP contribution in [0.4, 0.5) is 0 Å². The first-order valence-corrected chi connectivity index (χ1v) is 10.9. The Labute approximate surface area is 190 Å². The first kappa shape index (κ1) is 19.7. The second-order valence-corrected chi connectivity index (χ2v) is 8.24. The number of carbonyl (C=O) groups is 2. The smallest absolute Gasteiger partial charge is 0.339 e. The highest BCUT2D eigenvalue weighted by atomic mass is 16.6. The van der Waals surface area contributed by atoms with Crippen LogP contribution in [-0.4, -0.2) is 36.4 Å². The molecule has 4 unspecified atom stereocenters. The lowest BCUT2D eigenvalue weighted by atomic mass is 10.00. The Balaban J connectivity index is 1.27. The van der Waals surface area contributed by atoms with Crippen LogP contribution in [0.2, 0.25) is 0 Å². The number of hydrogen-bond donors (Lipinski definition) is 0. The van der Waals surface area contributed by atoms with Crippen molar-refractivity contribution in [1.82, 2.24) is 0 Å². The van der Waals surface area contributed by atoms with Crippen molar-refractivity contribution < 1.29 is 23.8 Å². The number of ether oxygens (including phenoxy) is 3. The first-order valence-electron chi connectivity index (χ1n) is 10.9. The van der Waals surface area contributed by atoms with Gasteiger partial charge in [0.15, 0.2) is 12.2 Å². The third-order valence-electron chi connectivity index (χ3n) is 6.28. The van der Waals surface area contributed by atoms with Crippen molar-refractivity contribution >= 4 is 33.5 Å². The lowest BCUT2D eigenvalue weighted by Gasteiger charge is -2.25. The van der Waals surface area contributed by atoms with Gasteiger partial charge in [0.25, 0.3) is 0 Å². The Morgan fingerprint density at radius 3 is 1.48 bits per heavy atom. The molecule has 0 N–H and O–H groups in total. The van der Waals surface area contributed by atoms with Gasteiger partial charge in [-0.1, -0.05) is 84.9 Å². The monoisotopic (exact) mass is 436 g/mol. The molecule has 5 nitrogen and oxygen atoms in total. The van der Waals surface area contributed by atoms with Gasteiger partial charge in [-0.3, -0.25) is 0 Å². The predicted octanol–water partition coefficient (Wildman–Crippen LogP) is 5.08. The third kappa shape index (κ3) is 3.38. The first-order chi connectivity index (χ1) is 16.2. The summed E-state index contributed by atoms with van der Waals surface area (Å²) in [4.78, 5) is 26.2. The van der Waals surface area contributed by atoms with E-state index in [1.54, 1.807) is 12.1 Å². The van der Waals surface area contributed by atoms with Gasteiger partial charge in [-0.05, 0) is 33.7 Å². The summed E-state index contributed by atoms with van der Waals surface area (Å²) < 4.78 is 17.6. The van der Waals surface area contributed by atoms with Crippen LogP contribution >= 0.6 is 0 Å². The summed E-state index contributed by atoms with van der Waals surface area (Å²) in [5.41, 5.74) is 0.943. The van der Waals surface area contributed by atoms with Crippen LogP contribution in [0.5, 0.6) is 0 Å². The Morgan fingerprint density at radius 2 is 1.00 bits per heavy atom. The Hall–Kier alpha value is -3.96. The van der Waals surface area contributed by atoms with Gasteiger partial charge < -0.3 is 14.2 Å². The molecule has 0 radical (unpaired) electrons. The molecule has 0 saturated carbocycles. The highest BCUT2D eigenvalue weighted by Gasteiger charge is 2.51. The highest BCUT2D eigenvalue weighted by Crippen LogP contribution is 2.35. The Kier molecular flexibility index (Phi) is 4.70. The topological polar surface area (TPSA) is 61.8 Å². The van der Waals surface area contributed by atoms with Gasteiger partial charge in [-0.2, -0.15) is 0 Å². The van der Waals surface area contributed by atoms with Crippen molar-refractivity contribution in [2.24, 2.45) is 0 Å². The molecule has 4 aromatic rings. The van der Waals surface area contributed by atoms with Gasteiger partial charge in [0.1, 0.15) is 12.2 Å². The molecule has 162 valence electrons. The maximum atomic E-state index is 13.1. The second-order valence-electron chi connectivity index (χ2n) is 8.24. The van der Waals surface area contributed by atoms with E-state index >= 15 is 0 Å². The van der Waals surface area contributed by atoms with Gasteiger partial charge in [0.2, 0.25) is 0 Å². The number of hydrogen-bond acceptors (Lipinski definition) is 5. The van der Waals surface area contributed by atoms with Crippen LogP contribution < -0.4 is 0 Å². The van der Waals surface area contributed by atoms with E-state index in [0.29, 0.717) is 11.1 Å². The highest BCUT2D eigenvalue weighted by molar-refractivity contribution is 6.05. The normalized spacial score (nSPS) is 23.2. The van der Waals surface area contributed by atoms with Crippen LogP contribution in [-0.2, 0) is 14.2 Å². The molecule has 0 amide bonds.